The molecule has 1 unspecified atom stereocenters. The number of hydrogen-bond donors (Lipinski definition) is 1. The Hall–Kier alpha value is -0.900. The molecular formula is C9H16FN3. The van der Waals surface area contributed by atoms with E-state index >= 15 is 0 Å². The first-order valence-corrected chi connectivity index (χ1v) is 4.39. The monoisotopic (exact) mass is 185 g/mol. The van der Waals surface area contributed by atoms with Crippen molar-refractivity contribution in [3.05, 3.63) is 18.0 Å². The highest BCUT2D eigenvalue weighted by Crippen LogP contribution is 2.32. The second-order valence-corrected chi connectivity index (χ2v) is 3.62. The number of hydrogen-bond acceptors (Lipinski definition) is 2. The lowest BCUT2D eigenvalue weighted by Gasteiger charge is -2.26. The van der Waals surface area contributed by atoms with Crippen LogP contribution in [-0.2, 0) is 12.7 Å². The quantitative estimate of drug-likeness (QED) is 0.769. The van der Waals surface area contributed by atoms with Crippen molar-refractivity contribution in [2.45, 2.75) is 19.5 Å². The summed E-state index contributed by atoms with van der Waals surface area (Å²) in [5.41, 5.74) is 4.55. The molecule has 13 heavy (non-hydrogen) atoms. The van der Waals surface area contributed by atoms with Gasteiger partial charge in [-0.05, 0) is 5.92 Å². The lowest BCUT2D eigenvalue weighted by atomic mass is 9.87. The van der Waals surface area contributed by atoms with Crippen LogP contribution in [0.5, 0.6) is 0 Å². The zero-order chi connectivity index (χ0) is 10.1. The largest absolute Gasteiger partial charge is 0.327 e. The maximum atomic E-state index is 14.2. The van der Waals surface area contributed by atoms with E-state index in [1.165, 1.54) is 6.20 Å². The van der Waals surface area contributed by atoms with Gasteiger partial charge >= 0.3 is 0 Å². The molecule has 0 aliphatic rings. The van der Waals surface area contributed by atoms with Crippen LogP contribution in [-0.4, -0.2) is 16.3 Å². The van der Waals surface area contributed by atoms with Crippen LogP contribution in [0.15, 0.2) is 12.4 Å². The molecule has 74 valence electrons. The highest BCUT2D eigenvalue weighted by atomic mass is 19.1. The summed E-state index contributed by atoms with van der Waals surface area (Å²) in [4.78, 5) is 0. The zero-order valence-corrected chi connectivity index (χ0v) is 8.29. The Kier molecular flexibility index (Phi) is 2.71. The Morgan fingerprint density at radius 2 is 2.31 bits per heavy atom. The summed E-state index contributed by atoms with van der Waals surface area (Å²) in [7, 11) is 1.76. The molecule has 1 aromatic rings. The van der Waals surface area contributed by atoms with Crippen molar-refractivity contribution in [3.63, 3.8) is 0 Å². The minimum Gasteiger partial charge on any atom is -0.327 e. The van der Waals surface area contributed by atoms with E-state index in [0.717, 1.165) is 0 Å². The number of alkyl halides is 1. The maximum Gasteiger partial charge on any atom is 0.153 e. The maximum absolute atomic E-state index is 14.2. The van der Waals surface area contributed by atoms with Gasteiger partial charge in [-0.25, -0.2) is 4.39 Å². The average Bonchev–Trinajstić information content (AvgIpc) is 2.50. The van der Waals surface area contributed by atoms with E-state index in [4.69, 9.17) is 5.73 Å². The lowest BCUT2D eigenvalue weighted by Crippen LogP contribution is -2.35. The fourth-order valence-electron chi connectivity index (χ4n) is 1.32. The molecule has 0 radical (unpaired) electrons. The highest BCUT2D eigenvalue weighted by molar-refractivity contribution is 5.17. The summed E-state index contributed by atoms with van der Waals surface area (Å²) in [5, 5.41) is 3.93. The van der Waals surface area contributed by atoms with Gasteiger partial charge in [0, 0.05) is 25.4 Å². The second kappa shape index (κ2) is 3.46. The van der Waals surface area contributed by atoms with Gasteiger partial charge in [0.2, 0.25) is 0 Å². The molecule has 1 atom stereocenters. The molecule has 1 rings (SSSR count). The first-order valence-electron chi connectivity index (χ1n) is 4.39. The molecule has 0 bridgehead atoms. The van der Waals surface area contributed by atoms with E-state index in [9.17, 15) is 4.39 Å². The molecule has 0 saturated carbocycles. The number of nitrogens with zero attached hydrogens (tertiary/aromatic N) is 2. The third kappa shape index (κ3) is 1.72. The van der Waals surface area contributed by atoms with E-state index < -0.39 is 5.67 Å². The van der Waals surface area contributed by atoms with Crippen LogP contribution >= 0.6 is 0 Å². The van der Waals surface area contributed by atoms with Crippen molar-refractivity contribution in [3.8, 4) is 0 Å². The zero-order valence-electron chi connectivity index (χ0n) is 8.29. The molecular weight excluding hydrogens is 169 g/mol. The SMILES string of the molecule is CC(C)C(F)(CN)c1cnn(C)c1. The summed E-state index contributed by atoms with van der Waals surface area (Å²) in [5.74, 6) is -0.137. The third-order valence-corrected chi connectivity index (χ3v) is 2.40. The van der Waals surface area contributed by atoms with Crippen LogP contribution in [0.25, 0.3) is 0 Å². The summed E-state index contributed by atoms with van der Waals surface area (Å²) in [6.07, 6.45) is 3.21. The van der Waals surface area contributed by atoms with E-state index in [1.807, 2.05) is 13.8 Å². The molecule has 4 heteroatoms. The normalized spacial score (nSPS) is 16.2. The van der Waals surface area contributed by atoms with Crippen LogP contribution in [0.1, 0.15) is 19.4 Å². The van der Waals surface area contributed by atoms with Gasteiger partial charge in [0.15, 0.2) is 5.67 Å². The molecule has 0 aromatic carbocycles. The molecule has 0 spiro atoms. The van der Waals surface area contributed by atoms with Gasteiger partial charge in [0.05, 0.1) is 6.20 Å². The second-order valence-electron chi connectivity index (χ2n) is 3.62. The van der Waals surface area contributed by atoms with Crippen molar-refractivity contribution < 1.29 is 4.39 Å². The fourth-order valence-corrected chi connectivity index (χ4v) is 1.32. The molecule has 1 heterocycles. The first-order chi connectivity index (χ1) is 6.00. The average molecular weight is 185 g/mol. The molecule has 0 amide bonds. The predicted molar refractivity (Wildman–Crippen MR) is 49.9 cm³/mol. The van der Waals surface area contributed by atoms with Gasteiger partial charge < -0.3 is 5.73 Å². The van der Waals surface area contributed by atoms with Crippen molar-refractivity contribution in [2.24, 2.45) is 18.7 Å². The predicted octanol–water partition coefficient (Wildman–Crippen LogP) is 1.20. The minimum atomic E-state index is -1.45. The summed E-state index contributed by atoms with van der Waals surface area (Å²) in [6, 6.07) is 0. The van der Waals surface area contributed by atoms with E-state index in [-0.39, 0.29) is 12.5 Å². The summed E-state index contributed by atoms with van der Waals surface area (Å²) < 4.78 is 15.8. The molecule has 0 fully saturated rings. The molecule has 1 aromatic heterocycles. The number of aryl methyl sites for hydroxylation is 1. The van der Waals surface area contributed by atoms with Gasteiger partial charge in [0.1, 0.15) is 0 Å². The Morgan fingerprint density at radius 3 is 2.62 bits per heavy atom. The first kappa shape index (κ1) is 10.2. The Bertz CT molecular complexity index is 282. The number of halogens is 1. The molecule has 3 nitrogen and oxygen atoms in total. The molecule has 0 aliphatic carbocycles. The molecule has 0 aliphatic heterocycles. The Labute approximate surface area is 77.7 Å². The summed E-state index contributed by atoms with van der Waals surface area (Å²) in [6.45, 7) is 3.64. The van der Waals surface area contributed by atoms with Crippen LogP contribution < -0.4 is 5.73 Å². The van der Waals surface area contributed by atoms with E-state index in [2.05, 4.69) is 5.10 Å². The number of aromatic nitrogens is 2. The third-order valence-electron chi connectivity index (χ3n) is 2.40. The van der Waals surface area contributed by atoms with Crippen molar-refractivity contribution in [1.29, 1.82) is 0 Å². The molecule has 0 saturated heterocycles. The topological polar surface area (TPSA) is 43.8 Å². The molecule has 2 N–H and O–H groups in total. The van der Waals surface area contributed by atoms with Gasteiger partial charge in [-0.2, -0.15) is 5.10 Å². The van der Waals surface area contributed by atoms with Crippen LogP contribution in [0.4, 0.5) is 4.39 Å². The van der Waals surface area contributed by atoms with Gasteiger partial charge in [-0.15, -0.1) is 0 Å². The minimum absolute atomic E-state index is 0.00361. The van der Waals surface area contributed by atoms with Gasteiger partial charge in [-0.3, -0.25) is 4.68 Å². The van der Waals surface area contributed by atoms with Crippen molar-refractivity contribution in [1.82, 2.24) is 9.78 Å². The van der Waals surface area contributed by atoms with Crippen LogP contribution in [0.2, 0.25) is 0 Å². The number of nitrogens with two attached hydrogens (primary N) is 1. The Morgan fingerprint density at radius 1 is 1.69 bits per heavy atom. The van der Waals surface area contributed by atoms with Crippen LogP contribution in [0.3, 0.4) is 0 Å². The van der Waals surface area contributed by atoms with Gasteiger partial charge in [0.25, 0.3) is 0 Å². The van der Waals surface area contributed by atoms with Gasteiger partial charge in [-0.1, -0.05) is 13.8 Å². The highest BCUT2D eigenvalue weighted by Gasteiger charge is 2.35. The van der Waals surface area contributed by atoms with E-state index in [0.29, 0.717) is 5.56 Å². The number of rotatable bonds is 3. The van der Waals surface area contributed by atoms with Crippen LogP contribution in [0, 0.1) is 5.92 Å². The van der Waals surface area contributed by atoms with Crippen molar-refractivity contribution in [2.75, 3.05) is 6.54 Å². The van der Waals surface area contributed by atoms with Crippen molar-refractivity contribution >= 4 is 0 Å². The van der Waals surface area contributed by atoms with E-state index in [1.54, 1.807) is 17.9 Å². The lowest BCUT2D eigenvalue weighted by molar-refractivity contribution is 0.109. The standard InChI is InChI=1S/C9H16FN3/c1-7(2)9(10,6-11)8-4-12-13(3)5-8/h4-5,7H,6,11H2,1-3H3. The smallest absolute Gasteiger partial charge is 0.153 e. The fraction of sp³-hybridized carbons (Fsp3) is 0.667. The summed E-state index contributed by atoms with van der Waals surface area (Å²) >= 11 is 0. The Balaban J connectivity index is 3.02.